The minimum atomic E-state index is -3.72. The first-order chi connectivity index (χ1) is 9.31. The molecule has 1 fully saturated rings. The van der Waals surface area contributed by atoms with Crippen LogP contribution in [0.2, 0.25) is 5.02 Å². The van der Waals surface area contributed by atoms with Gasteiger partial charge in [0.25, 0.3) is 0 Å². The lowest BCUT2D eigenvalue weighted by Crippen LogP contribution is -2.29. The first kappa shape index (κ1) is 15.6. The topological polar surface area (TPSA) is 75.6 Å². The van der Waals surface area contributed by atoms with Crippen molar-refractivity contribution in [3.05, 3.63) is 22.7 Å². The lowest BCUT2D eigenvalue weighted by molar-refractivity contribution is 0.272. The van der Waals surface area contributed by atoms with Crippen molar-refractivity contribution in [2.24, 2.45) is 5.41 Å². The van der Waals surface area contributed by atoms with Crippen molar-refractivity contribution in [1.82, 2.24) is 4.72 Å². The van der Waals surface area contributed by atoms with Crippen LogP contribution in [0.4, 0.5) is 0 Å². The van der Waals surface area contributed by atoms with E-state index in [2.05, 4.69) is 4.72 Å². The Bertz CT molecular complexity index is 611. The van der Waals surface area contributed by atoms with E-state index in [4.69, 9.17) is 16.3 Å². The molecule has 0 aliphatic heterocycles. The van der Waals surface area contributed by atoms with Gasteiger partial charge >= 0.3 is 0 Å². The summed E-state index contributed by atoms with van der Waals surface area (Å²) >= 11 is 5.91. The second-order valence-electron chi connectivity index (χ2n) is 5.39. The zero-order valence-corrected chi connectivity index (χ0v) is 13.0. The van der Waals surface area contributed by atoms with Crippen LogP contribution in [-0.2, 0) is 16.6 Å². The number of aliphatic hydroxyl groups is 1. The Labute approximate surface area is 124 Å². The summed E-state index contributed by atoms with van der Waals surface area (Å²) < 4.78 is 32.5. The van der Waals surface area contributed by atoms with E-state index in [1.54, 1.807) is 0 Å². The van der Waals surface area contributed by atoms with E-state index in [9.17, 15) is 13.5 Å². The number of nitrogens with one attached hydrogen (secondary N) is 1. The van der Waals surface area contributed by atoms with Crippen LogP contribution < -0.4 is 9.46 Å². The highest BCUT2D eigenvalue weighted by Gasteiger charge is 2.38. The third kappa shape index (κ3) is 3.25. The maximum Gasteiger partial charge on any atom is 0.244 e. The number of hydrogen-bond donors (Lipinski definition) is 2. The number of rotatable bonds is 6. The highest BCUT2D eigenvalue weighted by molar-refractivity contribution is 7.89. The number of hydrogen-bond acceptors (Lipinski definition) is 4. The molecule has 0 saturated heterocycles. The van der Waals surface area contributed by atoms with Crippen LogP contribution in [0.15, 0.2) is 17.0 Å². The summed E-state index contributed by atoms with van der Waals surface area (Å²) in [5.41, 5.74) is 0.400. The van der Waals surface area contributed by atoms with Gasteiger partial charge in [-0.25, -0.2) is 13.1 Å². The quantitative estimate of drug-likeness (QED) is 0.840. The SMILES string of the molecule is COc1c(CO)cc(Cl)cc1S(=O)(=O)NCC1(C)CC1. The summed E-state index contributed by atoms with van der Waals surface area (Å²) in [5.74, 6) is 0.130. The summed E-state index contributed by atoms with van der Waals surface area (Å²) in [7, 11) is -2.36. The molecular weight excluding hydrogens is 302 g/mol. The molecule has 0 unspecified atom stereocenters. The fourth-order valence-corrected chi connectivity index (χ4v) is 3.65. The number of ether oxygens (including phenoxy) is 1. The molecule has 2 rings (SSSR count). The van der Waals surface area contributed by atoms with Crippen molar-refractivity contribution >= 4 is 21.6 Å². The van der Waals surface area contributed by atoms with Crippen LogP contribution in [0.5, 0.6) is 5.75 Å². The highest BCUT2D eigenvalue weighted by Crippen LogP contribution is 2.44. The monoisotopic (exact) mass is 319 g/mol. The zero-order chi connectivity index (χ0) is 15.0. The van der Waals surface area contributed by atoms with Gasteiger partial charge in [-0.05, 0) is 30.4 Å². The van der Waals surface area contributed by atoms with Crippen LogP contribution in [-0.4, -0.2) is 27.2 Å². The van der Waals surface area contributed by atoms with Gasteiger partial charge in [-0.1, -0.05) is 18.5 Å². The van der Waals surface area contributed by atoms with E-state index in [1.807, 2.05) is 6.92 Å². The average molecular weight is 320 g/mol. The van der Waals surface area contributed by atoms with Gasteiger partial charge in [0.1, 0.15) is 10.6 Å². The van der Waals surface area contributed by atoms with Gasteiger partial charge in [0.15, 0.2) is 0 Å². The molecule has 112 valence electrons. The van der Waals surface area contributed by atoms with Gasteiger partial charge in [-0.2, -0.15) is 0 Å². The lowest BCUT2D eigenvalue weighted by Gasteiger charge is -2.15. The molecule has 0 spiro atoms. The maximum absolute atomic E-state index is 12.4. The maximum atomic E-state index is 12.4. The first-order valence-corrected chi connectivity index (χ1v) is 8.14. The molecule has 1 aromatic carbocycles. The molecule has 7 heteroatoms. The molecule has 0 aromatic heterocycles. The van der Waals surface area contributed by atoms with E-state index < -0.39 is 10.0 Å². The van der Waals surface area contributed by atoms with Gasteiger partial charge in [0, 0.05) is 17.1 Å². The Morgan fingerprint density at radius 1 is 1.45 bits per heavy atom. The molecule has 1 aliphatic rings. The van der Waals surface area contributed by atoms with Crippen LogP contribution in [0.3, 0.4) is 0 Å². The van der Waals surface area contributed by atoms with E-state index in [-0.39, 0.29) is 27.7 Å². The smallest absolute Gasteiger partial charge is 0.244 e. The van der Waals surface area contributed by atoms with E-state index in [1.165, 1.54) is 19.2 Å². The summed E-state index contributed by atoms with van der Waals surface area (Å²) in [5, 5.41) is 9.52. The predicted octanol–water partition coefficient (Wildman–Crippen LogP) is 1.92. The molecule has 5 nitrogen and oxygen atoms in total. The third-order valence-corrected chi connectivity index (χ3v) is 5.18. The minimum Gasteiger partial charge on any atom is -0.495 e. The van der Waals surface area contributed by atoms with Crippen molar-refractivity contribution in [1.29, 1.82) is 0 Å². The molecule has 1 aromatic rings. The van der Waals surface area contributed by atoms with Gasteiger partial charge in [-0.3, -0.25) is 0 Å². The Hall–Kier alpha value is -0.820. The molecule has 1 aliphatic carbocycles. The molecule has 0 heterocycles. The summed E-state index contributed by atoms with van der Waals surface area (Å²) in [4.78, 5) is -0.0409. The second-order valence-corrected chi connectivity index (χ2v) is 7.56. The number of methoxy groups -OCH3 is 1. The summed E-state index contributed by atoms with van der Waals surface area (Å²) in [6.45, 7) is 2.08. The zero-order valence-electron chi connectivity index (χ0n) is 11.4. The Balaban J connectivity index is 2.36. The van der Waals surface area contributed by atoms with Crippen molar-refractivity contribution in [2.75, 3.05) is 13.7 Å². The molecule has 20 heavy (non-hydrogen) atoms. The second kappa shape index (κ2) is 5.52. The van der Waals surface area contributed by atoms with Gasteiger partial charge in [0.2, 0.25) is 10.0 Å². The van der Waals surface area contributed by atoms with E-state index in [0.717, 1.165) is 12.8 Å². The van der Waals surface area contributed by atoms with E-state index in [0.29, 0.717) is 12.1 Å². The third-order valence-electron chi connectivity index (χ3n) is 3.55. The molecule has 0 bridgehead atoms. The summed E-state index contributed by atoms with van der Waals surface area (Å²) in [6.07, 6.45) is 2.04. The Morgan fingerprint density at radius 3 is 2.60 bits per heavy atom. The number of aliphatic hydroxyl groups excluding tert-OH is 1. The van der Waals surface area contributed by atoms with Crippen LogP contribution in [0.25, 0.3) is 0 Å². The Kier molecular flexibility index (Phi) is 4.30. The molecule has 0 amide bonds. The van der Waals surface area contributed by atoms with Crippen LogP contribution in [0, 0.1) is 5.41 Å². The lowest BCUT2D eigenvalue weighted by atomic mass is 10.2. The Morgan fingerprint density at radius 2 is 2.10 bits per heavy atom. The van der Waals surface area contributed by atoms with E-state index >= 15 is 0 Å². The molecule has 1 saturated carbocycles. The van der Waals surface area contributed by atoms with Crippen molar-refractivity contribution in [3.63, 3.8) is 0 Å². The van der Waals surface area contributed by atoms with Crippen molar-refractivity contribution in [2.45, 2.75) is 31.3 Å². The standard InChI is InChI=1S/C13H18ClNO4S/c1-13(3-4-13)8-15-20(17,18)11-6-10(14)5-9(7-16)12(11)19-2/h5-6,15-16H,3-4,7-8H2,1-2H3. The first-order valence-electron chi connectivity index (χ1n) is 6.28. The molecule has 2 N–H and O–H groups in total. The van der Waals surface area contributed by atoms with Gasteiger partial charge in [-0.15, -0.1) is 0 Å². The summed E-state index contributed by atoms with van der Waals surface area (Å²) in [6, 6.07) is 2.82. The molecule has 0 atom stereocenters. The number of benzene rings is 1. The average Bonchev–Trinajstić information content (AvgIpc) is 3.14. The highest BCUT2D eigenvalue weighted by atomic mass is 35.5. The van der Waals surface area contributed by atoms with Crippen LogP contribution in [0.1, 0.15) is 25.3 Å². The van der Waals surface area contributed by atoms with Crippen molar-refractivity contribution in [3.8, 4) is 5.75 Å². The van der Waals surface area contributed by atoms with Gasteiger partial charge < -0.3 is 9.84 Å². The molecular formula is C13H18ClNO4S. The number of sulfonamides is 1. The van der Waals surface area contributed by atoms with Crippen molar-refractivity contribution < 1.29 is 18.3 Å². The molecule has 0 radical (unpaired) electrons. The fraction of sp³-hybridized carbons (Fsp3) is 0.538. The predicted molar refractivity (Wildman–Crippen MR) is 76.5 cm³/mol. The number of halogens is 1. The fourth-order valence-electron chi connectivity index (χ4n) is 1.91. The normalized spacial score (nSPS) is 17.0. The van der Waals surface area contributed by atoms with Crippen LogP contribution >= 0.6 is 11.6 Å². The minimum absolute atomic E-state index is 0.0409. The largest absolute Gasteiger partial charge is 0.495 e. The van der Waals surface area contributed by atoms with Gasteiger partial charge in [0.05, 0.1) is 13.7 Å².